The summed E-state index contributed by atoms with van der Waals surface area (Å²) in [5.41, 5.74) is 6.98. The Kier molecular flexibility index (Phi) is 9.91. The van der Waals surface area contributed by atoms with Crippen molar-refractivity contribution in [2.75, 3.05) is 18.9 Å². The number of nitrogens with two attached hydrogens (primary N) is 2. The molecule has 4 rings (SSSR count). The molecule has 1 fully saturated rings. The third-order valence-corrected chi connectivity index (χ3v) is 7.71. The maximum Gasteiger partial charge on any atom is 0.354 e. The van der Waals surface area contributed by atoms with Gasteiger partial charge in [-0.3, -0.25) is 9.59 Å². The molecule has 4 heterocycles. The van der Waals surface area contributed by atoms with Gasteiger partial charge in [0.25, 0.3) is 17.4 Å². The van der Waals surface area contributed by atoms with Crippen molar-refractivity contribution in [1.29, 1.82) is 0 Å². The first-order valence-corrected chi connectivity index (χ1v) is 15.6. The van der Waals surface area contributed by atoms with Crippen molar-refractivity contribution < 1.29 is 50.9 Å². The number of carboxylic acid groups (broad SMARTS) is 1. The number of carbonyl (C=O) groups is 3. The van der Waals surface area contributed by atoms with Gasteiger partial charge in [-0.2, -0.15) is 13.9 Å². The first kappa shape index (κ1) is 34.2. The van der Waals surface area contributed by atoms with Gasteiger partial charge in [0.1, 0.15) is 36.5 Å². The summed E-state index contributed by atoms with van der Waals surface area (Å²) in [4.78, 5) is 51.6. The molecule has 1 aliphatic heterocycles. The summed E-state index contributed by atoms with van der Waals surface area (Å²) in [5.74, 6) is -2.79. The minimum atomic E-state index is -5.27. The van der Waals surface area contributed by atoms with Crippen molar-refractivity contribution >= 4 is 50.4 Å². The molecule has 3 aromatic heterocycles. The summed E-state index contributed by atoms with van der Waals surface area (Å²) in [7, 11) is -5.27. The van der Waals surface area contributed by atoms with E-state index in [1.54, 1.807) is 16.7 Å². The number of hydroxylamine groups is 2. The Labute approximate surface area is 266 Å². The Morgan fingerprint density at radius 3 is 2.65 bits per heavy atom. The van der Waals surface area contributed by atoms with E-state index < -0.39 is 57.7 Å². The molecule has 1 aliphatic rings. The van der Waals surface area contributed by atoms with E-state index in [4.69, 9.17) is 21.0 Å². The van der Waals surface area contributed by atoms with Crippen LogP contribution in [0.3, 0.4) is 0 Å². The molecule has 0 bridgehead atoms. The SMILES string of the molecule is CC1(C)[C@H](NC(=O)/C(=N\O[C@@](C)(COc2ccc(-n3cc[n+](CCCN)c3)nc2)C(=O)O)c2csc(N)n2)C(=O)N1OS(=O)(=O)[O-]. The molecule has 19 nitrogen and oxygen atoms in total. The van der Waals surface area contributed by atoms with E-state index in [0.717, 1.165) is 31.2 Å². The molecule has 0 spiro atoms. The van der Waals surface area contributed by atoms with Gasteiger partial charge in [-0.25, -0.2) is 27.7 Å². The number of ether oxygens (including phenoxy) is 1. The number of oxime groups is 1. The summed E-state index contributed by atoms with van der Waals surface area (Å²) >= 11 is 0.945. The van der Waals surface area contributed by atoms with Crippen LogP contribution >= 0.6 is 11.3 Å². The van der Waals surface area contributed by atoms with E-state index in [1.165, 1.54) is 25.4 Å². The number of nitrogen functional groups attached to an aromatic ring is 1. The molecule has 0 radical (unpaired) electrons. The van der Waals surface area contributed by atoms with Crippen LogP contribution in [0, 0.1) is 0 Å². The number of hydrogen-bond donors (Lipinski definition) is 4. The molecule has 2 amide bonds. The normalized spacial score (nSPS) is 17.6. The number of hydrogen-bond acceptors (Lipinski definition) is 15. The van der Waals surface area contributed by atoms with Gasteiger partial charge < -0.3 is 36.0 Å². The molecule has 6 N–H and O–H groups in total. The Balaban J connectivity index is 1.48. The molecule has 2 atom stereocenters. The lowest BCUT2D eigenvalue weighted by Gasteiger charge is -2.51. The Morgan fingerprint density at radius 2 is 2.09 bits per heavy atom. The summed E-state index contributed by atoms with van der Waals surface area (Å²) in [6, 6.07) is 1.88. The number of nitrogens with one attached hydrogen (secondary N) is 1. The van der Waals surface area contributed by atoms with Crippen LogP contribution in [0.25, 0.3) is 5.82 Å². The van der Waals surface area contributed by atoms with Crippen molar-refractivity contribution in [3.8, 4) is 11.6 Å². The van der Waals surface area contributed by atoms with Gasteiger partial charge in [-0.1, -0.05) is 5.16 Å². The zero-order chi connectivity index (χ0) is 33.9. The second kappa shape index (κ2) is 13.3. The molecule has 248 valence electrons. The number of amides is 2. The topological polar surface area (TPSA) is 271 Å². The van der Waals surface area contributed by atoms with Gasteiger partial charge in [0.05, 0.1) is 18.3 Å². The number of aliphatic carboxylic acids is 1. The molecule has 0 unspecified atom stereocenters. The van der Waals surface area contributed by atoms with Crippen LogP contribution in [-0.2, 0) is 40.4 Å². The maximum absolute atomic E-state index is 13.3. The summed E-state index contributed by atoms with van der Waals surface area (Å²) in [5, 5.41) is 17.7. The van der Waals surface area contributed by atoms with Crippen molar-refractivity contribution in [2.45, 2.75) is 50.9 Å². The predicted molar refractivity (Wildman–Crippen MR) is 157 cm³/mol. The van der Waals surface area contributed by atoms with Crippen LogP contribution in [-0.4, -0.2) is 91.5 Å². The molecule has 21 heteroatoms. The number of β-lactam (4-membered cyclic amide) rings is 1. The monoisotopic (exact) mass is 681 g/mol. The molecule has 1 saturated heterocycles. The number of aryl methyl sites for hydroxylation is 1. The van der Waals surface area contributed by atoms with Crippen molar-refractivity contribution in [3.63, 3.8) is 0 Å². The highest BCUT2D eigenvalue weighted by Crippen LogP contribution is 2.33. The quantitative estimate of drug-likeness (QED) is 0.0362. The predicted octanol–water partition coefficient (Wildman–Crippen LogP) is -1.31. The van der Waals surface area contributed by atoms with Crippen molar-refractivity contribution in [3.05, 3.63) is 48.1 Å². The first-order valence-electron chi connectivity index (χ1n) is 13.4. The zero-order valence-corrected chi connectivity index (χ0v) is 26.4. The molecule has 46 heavy (non-hydrogen) atoms. The fourth-order valence-corrected chi connectivity index (χ4v) is 5.05. The molecule has 0 aliphatic carbocycles. The maximum atomic E-state index is 13.3. The van der Waals surface area contributed by atoms with Gasteiger partial charge >= 0.3 is 5.97 Å². The van der Waals surface area contributed by atoms with Crippen LogP contribution in [0.15, 0.2) is 47.6 Å². The molecular weight excluding hydrogens is 650 g/mol. The van der Waals surface area contributed by atoms with Gasteiger partial charge in [-0.05, 0) is 39.8 Å². The van der Waals surface area contributed by atoms with E-state index in [1.807, 2.05) is 23.3 Å². The van der Waals surface area contributed by atoms with Gasteiger partial charge in [-0.15, -0.1) is 11.3 Å². The lowest BCUT2D eigenvalue weighted by molar-refractivity contribution is -0.696. The largest absolute Gasteiger partial charge is 0.724 e. The average molecular weight is 682 g/mol. The Morgan fingerprint density at radius 1 is 1.35 bits per heavy atom. The number of imidazole rings is 1. The summed E-state index contributed by atoms with van der Waals surface area (Å²) in [6.07, 6.45) is 7.75. The van der Waals surface area contributed by atoms with Gasteiger partial charge in [0.15, 0.2) is 10.8 Å². The third-order valence-electron chi connectivity index (χ3n) is 6.70. The van der Waals surface area contributed by atoms with E-state index in [-0.39, 0.29) is 16.6 Å². The second-order valence-corrected chi connectivity index (χ2v) is 12.5. The molecular formula is C25H31N9O10S2. The molecule has 3 aromatic rings. The lowest BCUT2D eigenvalue weighted by Crippen LogP contribution is -2.76. The number of pyridine rings is 1. The van der Waals surface area contributed by atoms with E-state index in [2.05, 4.69) is 24.7 Å². The average Bonchev–Trinajstić information content (AvgIpc) is 3.65. The van der Waals surface area contributed by atoms with E-state index in [9.17, 15) is 32.5 Å². The smallest absolute Gasteiger partial charge is 0.354 e. The summed E-state index contributed by atoms with van der Waals surface area (Å²) < 4.78 is 46.5. The van der Waals surface area contributed by atoms with Crippen LogP contribution in [0.5, 0.6) is 5.75 Å². The van der Waals surface area contributed by atoms with Gasteiger partial charge in [0, 0.05) is 11.4 Å². The first-order chi connectivity index (χ1) is 21.5. The Bertz CT molecular complexity index is 1740. The Hall–Kier alpha value is -4.70. The fourth-order valence-electron chi connectivity index (χ4n) is 4.06. The fraction of sp³-hybridized carbons (Fsp3) is 0.400. The minimum absolute atomic E-state index is 0.0429. The standard InChI is InChI=1S/C25H31N9O10S2/c1-24(2)19(21(36)34(24)44-46(39,40)41)30-20(35)18(16-12-45-23(27)29-16)31-43-25(3,22(37)38)13-42-15-5-6-17(28-11-15)33-10-9-32(14-33)8-4-7-26/h5-6,9-12,14,19H,4,7-8,13,26H2,1-3H3,(H4-,27,29,30,35,37,38,39,40,41)/b31-18-/t19-,25+/m1/s1. The number of rotatable bonds is 15. The number of thiazole rings is 1. The van der Waals surface area contributed by atoms with Gasteiger partial charge in [0.2, 0.25) is 22.5 Å². The van der Waals surface area contributed by atoms with E-state index in [0.29, 0.717) is 17.4 Å². The van der Waals surface area contributed by atoms with Crippen LogP contribution in [0.4, 0.5) is 5.13 Å². The van der Waals surface area contributed by atoms with Crippen LogP contribution < -0.4 is 26.1 Å². The van der Waals surface area contributed by atoms with Crippen LogP contribution in [0.2, 0.25) is 0 Å². The second-order valence-electron chi connectivity index (χ2n) is 10.7. The highest BCUT2D eigenvalue weighted by atomic mass is 32.3. The number of anilines is 1. The van der Waals surface area contributed by atoms with Crippen molar-refractivity contribution in [2.24, 2.45) is 10.9 Å². The van der Waals surface area contributed by atoms with Crippen molar-refractivity contribution in [1.82, 2.24) is 24.9 Å². The number of nitrogens with zero attached hydrogens (tertiary/aromatic N) is 6. The molecule has 0 saturated carbocycles. The molecule has 0 aromatic carbocycles. The van der Waals surface area contributed by atoms with E-state index >= 15 is 0 Å². The van der Waals surface area contributed by atoms with Crippen LogP contribution in [0.1, 0.15) is 32.9 Å². The number of aromatic nitrogens is 4. The zero-order valence-electron chi connectivity index (χ0n) is 24.7. The lowest BCUT2D eigenvalue weighted by atomic mass is 9.84. The highest BCUT2D eigenvalue weighted by Gasteiger charge is 2.57. The minimum Gasteiger partial charge on any atom is -0.724 e. The summed E-state index contributed by atoms with van der Waals surface area (Å²) in [6.45, 7) is 4.55. The highest BCUT2D eigenvalue weighted by molar-refractivity contribution is 7.80. The number of carboxylic acids is 1. The number of carbonyl (C=O) groups excluding carboxylic acids is 2. The third kappa shape index (κ3) is 7.74.